The molecule has 1 heterocycles. The van der Waals surface area contributed by atoms with Gasteiger partial charge < -0.3 is 15.3 Å². The van der Waals surface area contributed by atoms with Crippen molar-refractivity contribution in [3.63, 3.8) is 0 Å². The Bertz CT molecular complexity index is 1050. The van der Waals surface area contributed by atoms with Crippen LogP contribution in [0.15, 0.2) is 54.6 Å². The first-order chi connectivity index (χ1) is 17.7. The van der Waals surface area contributed by atoms with E-state index in [1.54, 1.807) is 29.2 Å². The normalized spacial score (nSPS) is 22.0. The molecule has 3 unspecified atom stereocenters. The van der Waals surface area contributed by atoms with Crippen LogP contribution in [0.4, 0.5) is 8.78 Å². The third-order valence-electron chi connectivity index (χ3n) is 7.34. The third kappa shape index (κ3) is 7.49. The van der Waals surface area contributed by atoms with Crippen LogP contribution in [0.25, 0.3) is 0 Å². The topological polar surface area (TPSA) is 84.9 Å². The molecule has 2 aromatic carbocycles. The molecule has 200 valence electrons. The van der Waals surface area contributed by atoms with Crippen LogP contribution in [0, 0.1) is 11.8 Å². The van der Waals surface area contributed by atoms with E-state index in [0.29, 0.717) is 32.5 Å². The van der Waals surface area contributed by atoms with Crippen LogP contribution in [-0.4, -0.2) is 65.5 Å². The van der Waals surface area contributed by atoms with Gasteiger partial charge >= 0.3 is 0 Å². The van der Waals surface area contributed by atoms with E-state index in [9.17, 15) is 23.5 Å². The molecule has 2 amide bonds. The lowest BCUT2D eigenvalue weighted by atomic mass is 9.95. The largest absolute Gasteiger partial charge is 0.508 e. The van der Waals surface area contributed by atoms with Crippen LogP contribution in [0.5, 0.6) is 5.75 Å². The van der Waals surface area contributed by atoms with Gasteiger partial charge in [-0.2, -0.15) is 0 Å². The Morgan fingerprint density at radius 3 is 2.51 bits per heavy atom. The maximum atomic E-state index is 14.0. The number of amides is 2. The zero-order valence-corrected chi connectivity index (χ0v) is 21.2. The van der Waals surface area contributed by atoms with Gasteiger partial charge in [-0.05, 0) is 42.0 Å². The van der Waals surface area contributed by atoms with Crippen LogP contribution in [0.1, 0.15) is 36.8 Å². The minimum Gasteiger partial charge on any atom is -0.508 e. The van der Waals surface area contributed by atoms with Crippen molar-refractivity contribution in [1.82, 2.24) is 20.7 Å². The minimum absolute atomic E-state index is 0.133. The number of rotatable bonds is 10. The number of phenolic OH excluding ortho intramolecular Hbond substituents is 1. The summed E-state index contributed by atoms with van der Waals surface area (Å²) in [7, 11) is 1.88. The Morgan fingerprint density at radius 1 is 1.16 bits per heavy atom. The maximum Gasteiger partial charge on any atom is 0.248 e. The van der Waals surface area contributed by atoms with Gasteiger partial charge in [0.1, 0.15) is 11.8 Å². The molecule has 9 heteroatoms. The number of carbonyl (C=O) groups excluding carboxylic acids is 2. The highest BCUT2D eigenvalue weighted by molar-refractivity contribution is 5.88. The summed E-state index contributed by atoms with van der Waals surface area (Å²) < 4.78 is 28.1. The van der Waals surface area contributed by atoms with Gasteiger partial charge in [0, 0.05) is 58.4 Å². The summed E-state index contributed by atoms with van der Waals surface area (Å²) in [5.41, 5.74) is 5.04. The fourth-order valence-electron chi connectivity index (χ4n) is 5.37. The van der Waals surface area contributed by atoms with Gasteiger partial charge in [0.05, 0.1) is 0 Å². The zero-order chi connectivity index (χ0) is 26.4. The lowest BCUT2D eigenvalue weighted by Crippen LogP contribution is -2.55. The molecule has 3 N–H and O–H groups in total. The zero-order valence-electron chi connectivity index (χ0n) is 21.2. The Morgan fingerprint density at radius 2 is 1.89 bits per heavy atom. The van der Waals surface area contributed by atoms with Gasteiger partial charge in [0.25, 0.3) is 0 Å². The summed E-state index contributed by atoms with van der Waals surface area (Å²) in [4.78, 5) is 28.9. The van der Waals surface area contributed by atoms with Gasteiger partial charge in [0.15, 0.2) is 0 Å². The molecular weight excluding hydrogens is 478 g/mol. The highest BCUT2D eigenvalue weighted by atomic mass is 19.3. The summed E-state index contributed by atoms with van der Waals surface area (Å²) in [6, 6.07) is 15.4. The van der Waals surface area contributed by atoms with Crippen molar-refractivity contribution in [2.24, 2.45) is 11.8 Å². The van der Waals surface area contributed by atoms with Crippen LogP contribution < -0.4 is 10.7 Å². The van der Waals surface area contributed by atoms with Gasteiger partial charge in [0.2, 0.25) is 17.7 Å². The first-order valence-electron chi connectivity index (χ1n) is 12.9. The van der Waals surface area contributed by atoms with E-state index in [4.69, 9.17) is 0 Å². The molecule has 1 saturated heterocycles. The monoisotopic (exact) mass is 514 g/mol. The molecule has 1 saturated carbocycles. The molecule has 1 aliphatic heterocycles. The number of nitrogens with zero attached hydrogens (tertiary/aromatic N) is 2. The average Bonchev–Trinajstić information content (AvgIpc) is 3.46. The molecule has 2 fully saturated rings. The van der Waals surface area contributed by atoms with Gasteiger partial charge in [-0.25, -0.2) is 13.8 Å². The molecule has 1 aliphatic carbocycles. The number of hydrogen-bond acceptors (Lipinski definition) is 5. The number of carbonyl (C=O) groups is 2. The van der Waals surface area contributed by atoms with Gasteiger partial charge in [-0.3, -0.25) is 15.0 Å². The SMILES string of the molecule is CN1CC(C(C(=O)NCc2ccccc2)N(CC2CCC(F)(F)C2)C(=O)CCc2ccc(O)cc2)CN1. The second-order valence-corrected chi connectivity index (χ2v) is 10.3. The molecule has 3 atom stereocenters. The summed E-state index contributed by atoms with van der Waals surface area (Å²) in [6.07, 6.45) is 0.446. The van der Waals surface area contributed by atoms with Crippen molar-refractivity contribution < 1.29 is 23.5 Å². The fourth-order valence-corrected chi connectivity index (χ4v) is 5.37. The predicted octanol–water partition coefficient (Wildman–Crippen LogP) is 3.34. The number of phenols is 1. The molecule has 4 rings (SSSR count). The minimum atomic E-state index is -2.73. The molecule has 2 aliphatic rings. The van der Waals surface area contributed by atoms with Crippen molar-refractivity contribution in [2.45, 2.75) is 50.6 Å². The number of benzene rings is 2. The number of aromatic hydroxyl groups is 1. The number of nitrogens with one attached hydrogen (secondary N) is 2. The molecule has 2 aromatic rings. The summed E-state index contributed by atoms with van der Waals surface area (Å²) in [5, 5.41) is 14.4. The van der Waals surface area contributed by atoms with Gasteiger partial charge in [-0.15, -0.1) is 0 Å². The van der Waals surface area contributed by atoms with Crippen LogP contribution in [0.3, 0.4) is 0 Å². The smallest absolute Gasteiger partial charge is 0.248 e. The number of halogens is 2. The number of aryl methyl sites for hydroxylation is 1. The van der Waals surface area contributed by atoms with Crippen molar-refractivity contribution in [2.75, 3.05) is 26.7 Å². The first kappa shape index (κ1) is 27.0. The molecule has 0 bridgehead atoms. The van der Waals surface area contributed by atoms with Crippen LogP contribution in [0.2, 0.25) is 0 Å². The standard InChI is InChI=1S/C28H36F2N4O3/c1-33-19-23(17-32-33)26(27(37)31-16-21-5-3-2-4-6-21)34(18-22-13-14-28(29,30)15-22)25(36)12-9-20-7-10-24(35)11-8-20/h2-8,10-11,22-23,26,32,35H,9,12-19H2,1H3,(H,31,37). The van der Waals surface area contributed by atoms with E-state index in [1.807, 2.05) is 42.4 Å². The van der Waals surface area contributed by atoms with E-state index in [0.717, 1.165) is 11.1 Å². The molecule has 0 aromatic heterocycles. The van der Waals surface area contributed by atoms with Crippen LogP contribution in [-0.2, 0) is 22.6 Å². The third-order valence-corrected chi connectivity index (χ3v) is 7.34. The summed E-state index contributed by atoms with van der Waals surface area (Å²) in [5.74, 6) is -3.62. The molecule has 37 heavy (non-hydrogen) atoms. The van der Waals surface area contributed by atoms with Crippen molar-refractivity contribution >= 4 is 11.8 Å². The van der Waals surface area contributed by atoms with Crippen molar-refractivity contribution in [3.05, 3.63) is 65.7 Å². The number of alkyl halides is 2. The quantitative estimate of drug-likeness (QED) is 0.453. The Kier molecular flexibility index (Phi) is 8.76. The van der Waals surface area contributed by atoms with E-state index in [1.165, 1.54) is 0 Å². The second-order valence-electron chi connectivity index (χ2n) is 10.3. The molecular formula is C28H36F2N4O3. The van der Waals surface area contributed by atoms with Crippen molar-refractivity contribution in [3.8, 4) is 5.75 Å². The van der Waals surface area contributed by atoms with E-state index in [-0.39, 0.29) is 55.2 Å². The van der Waals surface area contributed by atoms with Gasteiger partial charge in [-0.1, -0.05) is 42.5 Å². The van der Waals surface area contributed by atoms with Crippen molar-refractivity contribution in [1.29, 1.82) is 0 Å². The number of hydrogen-bond donors (Lipinski definition) is 3. The molecule has 7 nitrogen and oxygen atoms in total. The second kappa shape index (κ2) is 12.0. The van der Waals surface area contributed by atoms with Crippen LogP contribution >= 0.6 is 0 Å². The lowest BCUT2D eigenvalue weighted by molar-refractivity contribution is -0.143. The average molecular weight is 515 g/mol. The maximum absolute atomic E-state index is 14.0. The van der Waals surface area contributed by atoms with E-state index < -0.39 is 12.0 Å². The first-order valence-corrected chi connectivity index (χ1v) is 12.9. The fraction of sp³-hybridized carbons (Fsp3) is 0.500. The molecule has 0 radical (unpaired) electrons. The summed E-state index contributed by atoms with van der Waals surface area (Å²) >= 11 is 0. The number of hydrazine groups is 1. The Balaban J connectivity index is 1.55. The Hall–Kier alpha value is -3.04. The summed E-state index contributed by atoms with van der Waals surface area (Å²) in [6.45, 7) is 1.53. The van der Waals surface area contributed by atoms with E-state index >= 15 is 0 Å². The highest BCUT2D eigenvalue weighted by Crippen LogP contribution is 2.39. The molecule has 0 spiro atoms. The highest BCUT2D eigenvalue weighted by Gasteiger charge is 2.44. The Labute approximate surface area is 216 Å². The predicted molar refractivity (Wildman–Crippen MR) is 137 cm³/mol. The van der Waals surface area contributed by atoms with E-state index in [2.05, 4.69) is 10.7 Å². The lowest BCUT2D eigenvalue weighted by Gasteiger charge is -2.36.